The van der Waals surface area contributed by atoms with Crippen molar-refractivity contribution in [3.8, 4) is 0 Å². The van der Waals surface area contributed by atoms with Crippen molar-refractivity contribution in [1.29, 1.82) is 0 Å². The van der Waals surface area contributed by atoms with E-state index in [0.29, 0.717) is 11.9 Å². The highest BCUT2D eigenvalue weighted by atomic mass is 35.5. The number of aromatic amines is 1. The Morgan fingerprint density at radius 2 is 1.97 bits per heavy atom. The third-order valence-corrected chi connectivity index (χ3v) is 7.38. The number of nitrogens with zero attached hydrogens (tertiary/aromatic N) is 1. The molecule has 3 aromatic rings. The summed E-state index contributed by atoms with van der Waals surface area (Å²) >= 11 is 6.28. The first-order valence-electron chi connectivity index (χ1n) is 10.1. The van der Waals surface area contributed by atoms with Crippen LogP contribution in [0.15, 0.2) is 47.4 Å². The number of fused-ring (bicyclic) bond motifs is 1. The van der Waals surface area contributed by atoms with E-state index < -0.39 is 9.84 Å². The van der Waals surface area contributed by atoms with Gasteiger partial charge in [0.05, 0.1) is 21.0 Å². The minimum Gasteiger partial charge on any atom is -0.324 e. The van der Waals surface area contributed by atoms with E-state index in [-0.39, 0.29) is 28.2 Å². The van der Waals surface area contributed by atoms with Crippen molar-refractivity contribution in [3.63, 3.8) is 0 Å². The van der Waals surface area contributed by atoms with Gasteiger partial charge in [-0.3, -0.25) is 10.1 Å². The molecule has 8 heteroatoms. The molecule has 6 nitrogen and oxygen atoms in total. The number of anilines is 1. The first-order chi connectivity index (χ1) is 14.3. The molecule has 158 valence electrons. The van der Waals surface area contributed by atoms with Gasteiger partial charge in [-0.25, -0.2) is 13.4 Å². The summed E-state index contributed by atoms with van der Waals surface area (Å²) in [5, 5.41) is 3.08. The Bertz CT molecular complexity index is 1150. The SMILES string of the molecule is CS(=O)(=O)c1ccc(C(CC(=O)Nc2nc3ccccc3[nH]2)C2CCCC2)cc1Cl. The zero-order valence-corrected chi connectivity index (χ0v) is 18.3. The van der Waals surface area contributed by atoms with Crippen LogP contribution in [-0.4, -0.2) is 30.5 Å². The van der Waals surface area contributed by atoms with E-state index in [0.717, 1.165) is 48.5 Å². The number of hydrogen-bond acceptors (Lipinski definition) is 4. The first-order valence-corrected chi connectivity index (χ1v) is 12.3. The van der Waals surface area contributed by atoms with E-state index >= 15 is 0 Å². The number of rotatable bonds is 6. The molecular weight excluding hydrogens is 422 g/mol. The molecule has 1 saturated carbocycles. The Labute approximate surface area is 181 Å². The molecule has 0 aliphatic heterocycles. The number of aromatic nitrogens is 2. The molecule has 1 atom stereocenters. The van der Waals surface area contributed by atoms with Crippen LogP contribution >= 0.6 is 11.6 Å². The minimum absolute atomic E-state index is 0.0250. The van der Waals surface area contributed by atoms with E-state index in [9.17, 15) is 13.2 Å². The molecule has 1 fully saturated rings. The number of amides is 1. The lowest BCUT2D eigenvalue weighted by Gasteiger charge is -2.24. The van der Waals surface area contributed by atoms with Crippen molar-refractivity contribution < 1.29 is 13.2 Å². The van der Waals surface area contributed by atoms with Gasteiger partial charge in [0.25, 0.3) is 0 Å². The highest BCUT2D eigenvalue weighted by Crippen LogP contribution is 2.41. The fourth-order valence-corrected chi connectivity index (χ4v) is 5.70. The summed E-state index contributed by atoms with van der Waals surface area (Å²) in [5.41, 5.74) is 2.56. The Balaban J connectivity index is 1.56. The third kappa shape index (κ3) is 4.52. The summed E-state index contributed by atoms with van der Waals surface area (Å²) in [6.45, 7) is 0. The monoisotopic (exact) mass is 445 g/mol. The van der Waals surface area contributed by atoms with E-state index in [1.165, 1.54) is 0 Å². The van der Waals surface area contributed by atoms with Gasteiger partial charge < -0.3 is 4.98 Å². The molecule has 0 radical (unpaired) electrons. The molecule has 2 N–H and O–H groups in total. The van der Waals surface area contributed by atoms with Crippen LogP contribution in [0.25, 0.3) is 11.0 Å². The average molecular weight is 446 g/mol. The van der Waals surface area contributed by atoms with E-state index in [4.69, 9.17) is 11.6 Å². The lowest BCUT2D eigenvalue weighted by atomic mass is 9.82. The van der Waals surface area contributed by atoms with Crippen LogP contribution in [0.4, 0.5) is 5.95 Å². The van der Waals surface area contributed by atoms with Crippen LogP contribution in [0, 0.1) is 5.92 Å². The minimum atomic E-state index is -3.40. The summed E-state index contributed by atoms with van der Waals surface area (Å²) in [6.07, 6.45) is 5.81. The largest absolute Gasteiger partial charge is 0.324 e. The van der Waals surface area contributed by atoms with Gasteiger partial charge in [0.2, 0.25) is 11.9 Å². The maximum atomic E-state index is 12.8. The maximum absolute atomic E-state index is 12.8. The summed E-state index contributed by atoms with van der Waals surface area (Å²) in [7, 11) is -3.40. The summed E-state index contributed by atoms with van der Waals surface area (Å²) in [4.78, 5) is 20.5. The second kappa shape index (κ2) is 8.40. The van der Waals surface area contributed by atoms with Gasteiger partial charge in [-0.2, -0.15) is 0 Å². The van der Waals surface area contributed by atoms with Gasteiger partial charge in [-0.1, -0.05) is 42.6 Å². The van der Waals surface area contributed by atoms with Gasteiger partial charge in [0, 0.05) is 12.7 Å². The number of sulfone groups is 1. The van der Waals surface area contributed by atoms with Crippen molar-refractivity contribution in [1.82, 2.24) is 9.97 Å². The number of H-pyrrole nitrogens is 1. The van der Waals surface area contributed by atoms with Gasteiger partial charge in [0.15, 0.2) is 9.84 Å². The van der Waals surface area contributed by atoms with Gasteiger partial charge in [-0.15, -0.1) is 0 Å². The van der Waals surface area contributed by atoms with Crippen LogP contribution in [0.2, 0.25) is 5.02 Å². The van der Waals surface area contributed by atoms with E-state index in [1.807, 2.05) is 24.3 Å². The maximum Gasteiger partial charge on any atom is 0.227 e. The number of benzene rings is 2. The second-order valence-electron chi connectivity index (χ2n) is 7.97. The fraction of sp³-hybridized carbons (Fsp3) is 0.364. The molecule has 30 heavy (non-hydrogen) atoms. The van der Waals surface area contributed by atoms with Crippen LogP contribution in [0.5, 0.6) is 0 Å². The molecule has 1 amide bonds. The normalized spacial score (nSPS) is 16.1. The van der Waals surface area contributed by atoms with Crippen LogP contribution in [-0.2, 0) is 14.6 Å². The number of nitrogens with one attached hydrogen (secondary N) is 2. The van der Waals surface area contributed by atoms with E-state index in [1.54, 1.807) is 18.2 Å². The topological polar surface area (TPSA) is 91.9 Å². The predicted molar refractivity (Wildman–Crippen MR) is 119 cm³/mol. The van der Waals surface area contributed by atoms with Gasteiger partial charge in [-0.05, 0) is 54.5 Å². The Morgan fingerprint density at radius 1 is 1.23 bits per heavy atom. The number of halogens is 1. The van der Waals surface area contributed by atoms with Crippen molar-refractivity contribution in [2.24, 2.45) is 5.92 Å². The predicted octanol–water partition coefficient (Wildman–Crippen LogP) is 4.92. The summed E-state index contributed by atoms with van der Waals surface area (Å²) in [5.74, 6) is 0.639. The lowest BCUT2D eigenvalue weighted by molar-refractivity contribution is -0.116. The number of hydrogen-bond donors (Lipinski definition) is 2. The molecular formula is C22H24ClN3O3S. The zero-order valence-electron chi connectivity index (χ0n) is 16.7. The fourth-order valence-electron chi connectivity index (χ4n) is 4.36. The quantitative estimate of drug-likeness (QED) is 0.563. The Hall–Kier alpha value is -2.38. The molecule has 0 saturated heterocycles. The number of imidazole rings is 1. The Kier molecular flexibility index (Phi) is 5.84. The molecule has 1 aliphatic rings. The molecule has 2 aromatic carbocycles. The molecule has 1 aromatic heterocycles. The van der Waals surface area contributed by atoms with Crippen molar-refractivity contribution in [2.75, 3.05) is 11.6 Å². The molecule has 0 spiro atoms. The van der Waals surface area contributed by atoms with Crippen molar-refractivity contribution in [3.05, 3.63) is 53.1 Å². The highest BCUT2D eigenvalue weighted by Gasteiger charge is 2.29. The number of para-hydroxylation sites is 2. The smallest absolute Gasteiger partial charge is 0.227 e. The van der Waals surface area contributed by atoms with Crippen LogP contribution in [0.1, 0.15) is 43.6 Å². The number of carbonyl (C=O) groups is 1. The van der Waals surface area contributed by atoms with Crippen LogP contribution < -0.4 is 5.32 Å². The van der Waals surface area contributed by atoms with Crippen molar-refractivity contribution in [2.45, 2.75) is 42.9 Å². The molecule has 1 aliphatic carbocycles. The lowest BCUT2D eigenvalue weighted by Crippen LogP contribution is -2.20. The molecule has 1 heterocycles. The summed E-state index contributed by atoms with van der Waals surface area (Å²) in [6, 6.07) is 12.6. The van der Waals surface area contributed by atoms with Gasteiger partial charge in [0.1, 0.15) is 0 Å². The second-order valence-corrected chi connectivity index (χ2v) is 10.4. The Morgan fingerprint density at radius 3 is 2.63 bits per heavy atom. The van der Waals surface area contributed by atoms with Crippen LogP contribution in [0.3, 0.4) is 0 Å². The first kappa shape index (κ1) is 20.9. The zero-order chi connectivity index (χ0) is 21.3. The molecule has 0 bridgehead atoms. The standard InChI is InChI=1S/C22H24ClN3O3S/c1-30(28,29)20-11-10-15(12-17(20)23)16(14-6-2-3-7-14)13-21(27)26-22-24-18-8-4-5-9-19(18)25-22/h4-5,8-12,14,16H,2-3,6-7,13H2,1H3,(H2,24,25,26,27). The number of carbonyl (C=O) groups excluding carboxylic acids is 1. The van der Waals surface area contributed by atoms with Crippen molar-refractivity contribution >= 4 is 44.3 Å². The molecule has 1 unspecified atom stereocenters. The third-order valence-electron chi connectivity index (χ3n) is 5.80. The molecule has 4 rings (SSSR count). The summed E-state index contributed by atoms with van der Waals surface area (Å²) < 4.78 is 23.8. The van der Waals surface area contributed by atoms with E-state index in [2.05, 4.69) is 15.3 Å². The van der Waals surface area contributed by atoms with Gasteiger partial charge >= 0.3 is 0 Å². The highest BCUT2D eigenvalue weighted by molar-refractivity contribution is 7.90. The average Bonchev–Trinajstić information content (AvgIpc) is 3.34.